The van der Waals surface area contributed by atoms with E-state index in [1.165, 1.54) is 25.7 Å². The number of nitrogens with one attached hydrogen (secondary N) is 1. The summed E-state index contributed by atoms with van der Waals surface area (Å²) in [5.41, 5.74) is 0. The molecule has 15 heavy (non-hydrogen) atoms. The van der Waals surface area contributed by atoms with Gasteiger partial charge in [-0.3, -0.25) is 4.79 Å². The summed E-state index contributed by atoms with van der Waals surface area (Å²) >= 11 is 5.97. The van der Waals surface area contributed by atoms with Gasteiger partial charge in [0.15, 0.2) is 0 Å². The third-order valence-corrected chi connectivity index (χ3v) is 3.63. The lowest BCUT2D eigenvalue weighted by atomic mass is 9.99. The Hall–Kier alpha value is -0.240. The van der Waals surface area contributed by atoms with Crippen LogP contribution in [0.5, 0.6) is 0 Å². The van der Waals surface area contributed by atoms with Crippen molar-refractivity contribution in [2.45, 2.75) is 57.2 Å². The van der Waals surface area contributed by atoms with Crippen LogP contribution in [0, 0.1) is 5.92 Å². The molecule has 0 aromatic rings. The van der Waals surface area contributed by atoms with Crippen LogP contribution < -0.4 is 5.32 Å². The lowest BCUT2D eigenvalue weighted by molar-refractivity contribution is -0.125. The summed E-state index contributed by atoms with van der Waals surface area (Å²) in [7, 11) is 0. The first-order chi connectivity index (χ1) is 7.24. The molecule has 1 saturated carbocycles. The van der Waals surface area contributed by atoms with Gasteiger partial charge in [0.25, 0.3) is 0 Å². The van der Waals surface area contributed by atoms with Crippen molar-refractivity contribution < 1.29 is 4.79 Å². The van der Waals surface area contributed by atoms with E-state index in [0.29, 0.717) is 6.54 Å². The van der Waals surface area contributed by atoms with Crippen LogP contribution in [0.2, 0.25) is 0 Å². The Kier molecular flexibility index (Phi) is 6.07. The standard InChI is InChI=1S/C12H22ClNO/c1-2-11(13)9-14-12(15)10-7-5-3-4-6-8-10/h10-11H,2-9H2,1H3,(H,14,15). The number of amides is 1. The minimum absolute atomic E-state index is 0.0831. The van der Waals surface area contributed by atoms with E-state index in [0.717, 1.165) is 19.3 Å². The van der Waals surface area contributed by atoms with Crippen LogP contribution in [0.3, 0.4) is 0 Å². The van der Waals surface area contributed by atoms with E-state index in [-0.39, 0.29) is 17.2 Å². The summed E-state index contributed by atoms with van der Waals surface area (Å²) in [5, 5.41) is 3.04. The average molecular weight is 232 g/mol. The highest BCUT2D eigenvalue weighted by molar-refractivity contribution is 6.20. The van der Waals surface area contributed by atoms with E-state index < -0.39 is 0 Å². The molecule has 0 bridgehead atoms. The molecular formula is C12H22ClNO. The maximum Gasteiger partial charge on any atom is 0.223 e. The maximum atomic E-state index is 11.8. The fourth-order valence-electron chi connectivity index (χ4n) is 2.04. The number of alkyl halides is 1. The summed E-state index contributed by atoms with van der Waals surface area (Å²) in [6.45, 7) is 2.66. The van der Waals surface area contributed by atoms with Gasteiger partial charge in [0.1, 0.15) is 0 Å². The third-order valence-electron chi connectivity index (χ3n) is 3.17. The zero-order valence-electron chi connectivity index (χ0n) is 9.60. The van der Waals surface area contributed by atoms with Crippen molar-refractivity contribution in [2.24, 2.45) is 5.92 Å². The van der Waals surface area contributed by atoms with Gasteiger partial charge in [-0.25, -0.2) is 0 Å². The van der Waals surface area contributed by atoms with Crippen LogP contribution in [-0.4, -0.2) is 17.8 Å². The Morgan fingerprint density at radius 3 is 2.47 bits per heavy atom. The molecule has 3 heteroatoms. The second kappa shape index (κ2) is 7.10. The van der Waals surface area contributed by atoms with Gasteiger partial charge in [0.05, 0.1) is 5.38 Å². The zero-order chi connectivity index (χ0) is 11.1. The zero-order valence-corrected chi connectivity index (χ0v) is 10.4. The molecule has 1 unspecified atom stereocenters. The van der Waals surface area contributed by atoms with Crippen molar-refractivity contribution >= 4 is 17.5 Å². The van der Waals surface area contributed by atoms with Crippen molar-refractivity contribution in [3.8, 4) is 0 Å². The minimum Gasteiger partial charge on any atom is -0.354 e. The quantitative estimate of drug-likeness (QED) is 0.585. The normalized spacial score (nSPS) is 20.7. The number of hydrogen-bond acceptors (Lipinski definition) is 1. The lowest BCUT2D eigenvalue weighted by Crippen LogP contribution is -2.34. The minimum atomic E-state index is 0.0831. The van der Waals surface area contributed by atoms with E-state index in [9.17, 15) is 4.79 Å². The fourth-order valence-corrected chi connectivity index (χ4v) is 2.12. The van der Waals surface area contributed by atoms with E-state index >= 15 is 0 Å². The summed E-state index contributed by atoms with van der Waals surface area (Å²) in [6.07, 6.45) is 8.02. The van der Waals surface area contributed by atoms with Gasteiger partial charge < -0.3 is 5.32 Å². The predicted octanol–water partition coefficient (Wildman–Crippen LogP) is 3.09. The molecule has 1 rings (SSSR count). The molecule has 1 N–H and O–H groups in total. The predicted molar refractivity (Wildman–Crippen MR) is 64.1 cm³/mol. The summed E-state index contributed by atoms with van der Waals surface area (Å²) in [5.74, 6) is 0.462. The highest BCUT2D eigenvalue weighted by Crippen LogP contribution is 2.22. The highest BCUT2D eigenvalue weighted by atomic mass is 35.5. The van der Waals surface area contributed by atoms with Gasteiger partial charge >= 0.3 is 0 Å². The molecule has 1 amide bonds. The molecule has 2 nitrogen and oxygen atoms in total. The summed E-state index contributed by atoms with van der Waals surface area (Å²) in [6, 6.07) is 0. The molecule has 0 radical (unpaired) electrons. The van der Waals surface area contributed by atoms with E-state index in [1.807, 2.05) is 6.92 Å². The van der Waals surface area contributed by atoms with Crippen molar-refractivity contribution in [3.63, 3.8) is 0 Å². The van der Waals surface area contributed by atoms with Gasteiger partial charge in [-0.2, -0.15) is 0 Å². The molecule has 0 aromatic heterocycles. The number of carbonyl (C=O) groups is 1. The lowest BCUT2D eigenvalue weighted by Gasteiger charge is -2.15. The first kappa shape index (κ1) is 12.8. The van der Waals surface area contributed by atoms with Crippen LogP contribution in [0.15, 0.2) is 0 Å². The van der Waals surface area contributed by atoms with Crippen LogP contribution in [0.1, 0.15) is 51.9 Å². The van der Waals surface area contributed by atoms with Crippen LogP contribution >= 0.6 is 11.6 Å². The van der Waals surface area contributed by atoms with Gasteiger partial charge in [0, 0.05) is 12.5 Å². The second-order valence-electron chi connectivity index (χ2n) is 4.44. The van der Waals surface area contributed by atoms with Crippen molar-refractivity contribution in [1.29, 1.82) is 0 Å². The van der Waals surface area contributed by atoms with E-state index in [2.05, 4.69) is 5.32 Å². The summed E-state index contributed by atoms with van der Waals surface area (Å²) < 4.78 is 0. The molecule has 0 heterocycles. The van der Waals surface area contributed by atoms with E-state index in [4.69, 9.17) is 11.6 Å². The van der Waals surface area contributed by atoms with Gasteiger partial charge in [-0.1, -0.05) is 32.6 Å². The monoisotopic (exact) mass is 231 g/mol. The van der Waals surface area contributed by atoms with Crippen LogP contribution in [0.4, 0.5) is 0 Å². The number of rotatable bonds is 4. The van der Waals surface area contributed by atoms with Crippen molar-refractivity contribution in [3.05, 3.63) is 0 Å². The van der Waals surface area contributed by atoms with Crippen LogP contribution in [0.25, 0.3) is 0 Å². The third kappa shape index (κ3) is 4.87. The summed E-state index contributed by atoms with van der Waals surface area (Å²) in [4.78, 5) is 11.8. The first-order valence-electron chi connectivity index (χ1n) is 6.15. The molecule has 1 aliphatic rings. The van der Waals surface area contributed by atoms with Gasteiger partial charge in [0.2, 0.25) is 5.91 Å². The Labute approximate surface area is 97.8 Å². The van der Waals surface area contributed by atoms with Crippen LogP contribution in [-0.2, 0) is 4.79 Å². The molecule has 0 saturated heterocycles. The number of halogens is 1. The smallest absolute Gasteiger partial charge is 0.223 e. The Morgan fingerprint density at radius 2 is 1.93 bits per heavy atom. The van der Waals surface area contributed by atoms with Crippen molar-refractivity contribution in [2.75, 3.05) is 6.54 Å². The number of carbonyl (C=O) groups excluding carboxylic acids is 1. The highest BCUT2D eigenvalue weighted by Gasteiger charge is 2.19. The SMILES string of the molecule is CCC(Cl)CNC(=O)C1CCCCCC1. The fraction of sp³-hybridized carbons (Fsp3) is 0.917. The molecule has 1 aliphatic carbocycles. The second-order valence-corrected chi connectivity index (χ2v) is 5.06. The average Bonchev–Trinajstić information content (AvgIpc) is 2.53. The number of hydrogen-bond donors (Lipinski definition) is 1. The Morgan fingerprint density at radius 1 is 1.33 bits per heavy atom. The Balaban J connectivity index is 2.25. The largest absolute Gasteiger partial charge is 0.354 e. The van der Waals surface area contributed by atoms with Crippen molar-refractivity contribution in [1.82, 2.24) is 5.32 Å². The topological polar surface area (TPSA) is 29.1 Å². The first-order valence-corrected chi connectivity index (χ1v) is 6.59. The molecule has 0 aromatic carbocycles. The molecule has 0 spiro atoms. The molecular weight excluding hydrogens is 210 g/mol. The molecule has 1 atom stereocenters. The van der Waals surface area contributed by atoms with E-state index in [1.54, 1.807) is 0 Å². The van der Waals surface area contributed by atoms with Gasteiger partial charge in [-0.15, -0.1) is 11.6 Å². The van der Waals surface area contributed by atoms with Gasteiger partial charge in [-0.05, 0) is 19.3 Å². The molecule has 0 aliphatic heterocycles. The Bertz CT molecular complexity index is 188. The molecule has 88 valence electrons. The maximum absolute atomic E-state index is 11.8. The molecule has 1 fully saturated rings.